The van der Waals surface area contributed by atoms with E-state index in [4.69, 9.17) is 0 Å². The lowest BCUT2D eigenvalue weighted by Gasteiger charge is -2.33. The molecular weight excluding hydrogens is 347 g/mol. The third-order valence-electron chi connectivity index (χ3n) is 4.60. The van der Waals surface area contributed by atoms with Gasteiger partial charge in [0.1, 0.15) is 11.5 Å². The number of benzene rings is 1. The molecular formula is C19H19FN6O. The van der Waals surface area contributed by atoms with Gasteiger partial charge in [-0.3, -0.25) is 14.9 Å². The highest BCUT2D eigenvalue weighted by Crippen LogP contribution is 2.24. The molecule has 1 amide bonds. The monoisotopic (exact) mass is 366 g/mol. The summed E-state index contributed by atoms with van der Waals surface area (Å²) in [5.74, 6) is 0.327. The molecule has 1 saturated heterocycles. The van der Waals surface area contributed by atoms with Gasteiger partial charge in [0.25, 0.3) is 5.91 Å². The fraction of sp³-hybridized carbons (Fsp3) is 0.263. The standard InChI is InChI=1S/C19H19FN6O/c20-14-5-3-13(4-6-14)16-10-18(25-24-16)26-9-1-2-15(12-26)23-19(27)17-11-21-7-8-22-17/h3-8,10-11,15H,1-2,9,12H2,(H,23,27)(H,24,25)/t15-/m1/s1. The Morgan fingerprint density at radius 2 is 2.11 bits per heavy atom. The van der Waals surface area contributed by atoms with E-state index in [0.29, 0.717) is 12.2 Å². The molecule has 0 radical (unpaired) electrons. The molecule has 138 valence electrons. The molecule has 4 rings (SSSR count). The molecule has 0 bridgehead atoms. The van der Waals surface area contributed by atoms with Crippen LogP contribution in [0.1, 0.15) is 23.3 Å². The van der Waals surface area contributed by atoms with E-state index >= 15 is 0 Å². The Kier molecular flexibility index (Phi) is 4.78. The molecule has 0 spiro atoms. The molecule has 0 saturated carbocycles. The maximum absolute atomic E-state index is 13.1. The molecule has 8 heteroatoms. The van der Waals surface area contributed by atoms with E-state index in [0.717, 1.165) is 36.5 Å². The maximum Gasteiger partial charge on any atom is 0.271 e. The van der Waals surface area contributed by atoms with E-state index in [9.17, 15) is 9.18 Å². The number of nitrogens with one attached hydrogen (secondary N) is 2. The van der Waals surface area contributed by atoms with Gasteiger partial charge in [-0.15, -0.1) is 0 Å². The summed E-state index contributed by atoms with van der Waals surface area (Å²) >= 11 is 0. The van der Waals surface area contributed by atoms with E-state index in [1.807, 2.05) is 6.07 Å². The fourth-order valence-corrected chi connectivity index (χ4v) is 3.23. The van der Waals surface area contributed by atoms with Crippen molar-refractivity contribution in [3.05, 3.63) is 60.4 Å². The van der Waals surface area contributed by atoms with Crippen molar-refractivity contribution in [2.45, 2.75) is 18.9 Å². The Morgan fingerprint density at radius 1 is 1.26 bits per heavy atom. The van der Waals surface area contributed by atoms with E-state index in [1.165, 1.54) is 30.7 Å². The molecule has 3 heterocycles. The van der Waals surface area contributed by atoms with Gasteiger partial charge in [-0.1, -0.05) is 0 Å². The number of hydrogen-bond donors (Lipinski definition) is 2. The number of nitrogens with zero attached hydrogens (tertiary/aromatic N) is 4. The van der Waals surface area contributed by atoms with Crippen molar-refractivity contribution in [1.29, 1.82) is 0 Å². The number of aromatic nitrogens is 4. The Morgan fingerprint density at radius 3 is 2.89 bits per heavy atom. The van der Waals surface area contributed by atoms with Crippen LogP contribution in [-0.2, 0) is 0 Å². The molecule has 1 atom stereocenters. The van der Waals surface area contributed by atoms with Crippen molar-refractivity contribution >= 4 is 11.7 Å². The predicted octanol–water partition coefficient (Wildman–Crippen LogP) is 2.40. The van der Waals surface area contributed by atoms with Gasteiger partial charge < -0.3 is 10.2 Å². The first kappa shape index (κ1) is 17.1. The molecule has 7 nitrogen and oxygen atoms in total. The van der Waals surface area contributed by atoms with Gasteiger partial charge in [0.2, 0.25) is 0 Å². The highest BCUT2D eigenvalue weighted by Gasteiger charge is 2.24. The summed E-state index contributed by atoms with van der Waals surface area (Å²) < 4.78 is 13.1. The van der Waals surface area contributed by atoms with Crippen molar-refractivity contribution in [3.8, 4) is 11.3 Å². The Bertz CT molecular complexity index is 911. The van der Waals surface area contributed by atoms with Crippen LogP contribution < -0.4 is 10.2 Å². The van der Waals surface area contributed by atoms with Crippen molar-refractivity contribution in [3.63, 3.8) is 0 Å². The molecule has 0 aliphatic carbocycles. The first-order valence-electron chi connectivity index (χ1n) is 8.82. The van der Waals surface area contributed by atoms with Crippen molar-refractivity contribution in [2.24, 2.45) is 0 Å². The number of hydrogen-bond acceptors (Lipinski definition) is 5. The second-order valence-electron chi connectivity index (χ2n) is 6.50. The minimum Gasteiger partial charge on any atom is -0.353 e. The van der Waals surface area contributed by atoms with Gasteiger partial charge >= 0.3 is 0 Å². The van der Waals surface area contributed by atoms with Crippen LogP contribution in [0.2, 0.25) is 0 Å². The number of anilines is 1. The number of halogens is 1. The summed E-state index contributed by atoms with van der Waals surface area (Å²) in [5, 5.41) is 10.4. The lowest BCUT2D eigenvalue weighted by molar-refractivity contribution is 0.0927. The van der Waals surface area contributed by atoms with E-state index in [1.54, 1.807) is 12.1 Å². The number of H-pyrrole nitrogens is 1. The third kappa shape index (κ3) is 3.94. The average molecular weight is 366 g/mol. The van der Waals surface area contributed by atoms with E-state index < -0.39 is 0 Å². The van der Waals surface area contributed by atoms with Gasteiger partial charge in [-0.25, -0.2) is 9.37 Å². The minimum atomic E-state index is -0.267. The van der Waals surface area contributed by atoms with Crippen LogP contribution in [0.4, 0.5) is 10.2 Å². The molecule has 3 aromatic rings. The van der Waals surface area contributed by atoms with Crippen LogP contribution in [0.5, 0.6) is 0 Å². The van der Waals surface area contributed by atoms with Crippen molar-refractivity contribution in [1.82, 2.24) is 25.5 Å². The molecule has 2 aromatic heterocycles. The minimum absolute atomic E-state index is 0.0132. The van der Waals surface area contributed by atoms with Crippen molar-refractivity contribution < 1.29 is 9.18 Å². The molecule has 0 unspecified atom stereocenters. The van der Waals surface area contributed by atoms with Gasteiger partial charge in [-0.05, 0) is 42.7 Å². The quantitative estimate of drug-likeness (QED) is 0.740. The van der Waals surface area contributed by atoms with Gasteiger partial charge in [0, 0.05) is 37.6 Å². The van der Waals surface area contributed by atoms with Crippen LogP contribution in [0, 0.1) is 5.82 Å². The number of aromatic amines is 1. The lowest BCUT2D eigenvalue weighted by Crippen LogP contribution is -2.48. The van der Waals surface area contributed by atoms with Gasteiger partial charge in [0.05, 0.1) is 11.9 Å². The molecule has 1 aliphatic rings. The second-order valence-corrected chi connectivity index (χ2v) is 6.50. The zero-order chi connectivity index (χ0) is 18.6. The summed E-state index contributed by atoms with van der Waals surface area (Å²) in [4.78, 5) is 22.4. The fourth-order valence-electron chi connectivity index (χ4n) is 3.23. The second kappa shape index (κ2) is 7.53. The number of carbonyl (C=O) groups is 1. The number of carbonyl (C=O) groups excluding carboxylic acids is 1. The van der Waals surface area contributed by atoms with Crippen LogP contribution in [0.15, 0.2) is 48.9 Å². The molecule has 2 N–H and O–H groups in total. The normalized spacial score (nSPS) is 16.9. The van der Waals surface area contributed by atoms with Gasteiger partial charge in [0.15, 0.2) is 5.82 Å². The van der Waals surface area contributed by atoms with Crippen LogP contribution in [0.3, 0.4) is 0 Å². The van der Waals surface area contributed by atoms with Gasteiger partial charge in [-0.2, -0.15) is 5.10 Å². The van der Waals surface area contributed by atoms with Crippen molar-refractivity contribution in [2.75, 3.05) is 18.0 Å². The Balaban J connectivity index is 1.42. The zero-order valence-electron chi connectivity index (χ0n) is 14.6. The SMILES string of the molecule is O=C(N[C@@H]1CCCN(c2cc(-c3ccc(F)cc3)[nH]n2)C1)c1cnccn1. The largest absolute Gasteiger partial charge is 0.353 e. The van der Waals surface area contributed by atoms with E-state index in [-0.39, 0.29) is 17.8 Å². The third-order valence-corrected chi connectivity index (χ3v) is 4.60. The summed E-state index contributed by atoms with van der Waals surface area (Å²) in [7, 11) is 0. The Labute approximate surface area is 155 Å². The highest BCUT2D eigenvalue weighted by atomic mass is 19.1. The Hall–Kier alpha value is -3.29. The summed E-state index contributed by atoms with van der Waals surface area (Å²) in [5.41, 5.74) is 2.02. The topological polar surface area (TPSA) is 86.8 Å². The summed E-state index contributed by atoms with van der Waals surface area (Å²) in [6.07, 6.45) is 6.35. The summed E-state index contributed by atoms with van der Waals surface area (Å²) in [6.45, 7) is 1.53. The summed E-state index contributed by atoms with van der Waals surface area (Å²) in [6, 6.07) is 8.24. The number of piperidine rings is 1. The molecule has 1 fully saturated rings. The zero-order valence-corrected chi connectivity index (χ0v) is 14.6. The van der Waals surface area contributed by atoms with E-state index in [2.05, 4.69) is 30.4 Å². The average Bonchev–Trinajstić information content (AvgIpc) is 3.20. The van der Waals surface area contributed by atoms with Crippen LogP contribution >= 0.6 is 0 Å². The first-order valence-corrected chi connectivity index (χ1v) is 8.82. The number of rotatable bonds is 4. The molecule has 1 aromatic carbocycles. The molecule has 27 heavy (non-hydrogen) atoms. The van der Waals surface area contributed by atoms with Crippen LogP contribution in [0.25, 0.3) is 11.3 Å². The molecule has 1 aliphatic heterocycles. The highest BCUT2D eigenvalue weighted by molar-refractivity contribution is 5.92. The smallest absolute Gasteiger partial charge is 0.271 e. The van der Waals surface area contributed by atoms with Crippen LogP contribution in [-0.4, -0.2) is 45.2 Å². The predicted molar refractivity (Wildman–Crippen MR) is 98.7 cm³/mol. The lowest BCUT2D eigenvalue weighted by atomic mass is 10.1. The maximum atomic E-state index is 13.1. The number of amides is 1. The first-order chi connectivity index (χ1) is 13.2.